The van der Waals surface area contributed by atoms with E-state index in [-0.39, 0.29) is 11.4 Å². The molecule has 1 aliphatic rings. The van der Waals surface area contributed by atoms with Gasteiger partial charge in [-0.05, 0) is 56.0 Å². The number of hydrogen-bond acceptors (Lipinski definition) is 5. The van der Waals surface area contributed by atoms with Crippen LogP contribution >= 0.6 is 0 Å². The first-order valence-electron chi connectivity index (χ1n) is 11.5. The fourth-order valence-corrected chi connectivity index (χ4v) is 6.42. The molecule has 0 unspecified atom stereocenters. The number of benzene rings is 3. The topological polar surface area (TPSA) is 84.9 Å². The summed E-state index contributed by atoms with van der Waals surface area (Å²) in [6.07, 6.45) is 0. The molecule has 36 heavy (non-hydrogen) atoms. The van der Waals surface area contributed by atoms with Crippen molar-refractivity contribution >= 4 is 32.9 Å². The van der Waals surface area contributed by atoms with E-state index in [1.54, 1.807) is 19.1 Å². The number of allylic oxidation sites excluding steroid dienone is 1. The van der Waals surface area contributed by atoms with Gasteiger partial charge >= 0.3 is 0 Å². The average Bonchev–Trinajstić information content (AvgIpc) is 2.83. The minimum absolute atomic E-state index is 0.0539. The molecular formula is C28H30N2O5S. The minimum atomic E-state index is -4.22. The number of carbonyl (C=O) groups excluding carboxylic acids is 1. The molecule has 0 saturated heterocycles. The molecule has 0 bridgehead atoms. The molecule has 1 N–H and O–H groups in total. The Kier molecular flexibility index (Phi) is 6.82. The summed E-state index contributed by atoms with van der Waals surface area (Å²) in [6, 6.07) is 16.5. The van der Waals surface area contributed by atoms with E-state index in [0.717, 1.165) is 22.3 Å². The van der Waals surface area contributed by atoms with E-state index in [4.69, 9.17) is 9.47 Å². The van der Waals surface area contributed by atoms with E-state index in [1.807, 2.05) is 63.2 Å². The van der Waals surface area contributed by atoms with Crippen LogP contribution in [0.25, 0.3) is 5.57 Å². The maximum Gasteiger partial charge on any atom is 0.270 e. The monoisotopic (exact) mass is 506 g/mol. The maximum absolute atomic E-state index is 14.0. The minimum Gasteiger partial charge on any atom is -0.493 e. The van der Waals surface area contributed by atoms with E-state index >= 15 is 0 Å². The van der Waals surface area contributed by atoms with Crippen molar-refractivity contribution in [3.05, 3.63) is 87.3 Å². The maximum atomic E-state index is 14.0. The van der Waals surface area contributed by atoms with Gasteiger partial charge in [0.25, 0.3) is 15.9 Å². The smallest absolute Gasteiger partial charge is 0.270 e. The van der Waals surface area contributed by atoms with Crippen LogP contribution in [0.1, 0.15) is 34.7 Å². The quantitative estimate of drug-likeness (QED) is 0.487. The van der Waals surface area contributed by atoms with Crippen molar-refractivity contribution in [2.24, 2.45) is 0 Å². The molecule has 0 saturated carbocycles. The Morgan fingerprint density at radius 2 is 1.47 bits per heavy atom. The number of methoxy groups -OCH3 is 2. The molecular weight excluding hydrogens is 476 g/mol. The molecule has 0 aromatic heterocycles. The molecule has 0 radical (unpaired) electrons. The van der Waals surface area contributed by atoms with Crippen molar-refractivity contribution in [2.75, 3.05) is 23.8 Å². The molecule has 8 heteroatoms. The van der Waals surface area contributed by atoms with Crippen LogP contribution in [-0.2, 0) is 21.4 Å². The van der Waals surface area contributed by atoms with Gasteiger partial charge < -0.3 is 14.8 Å². The van der Waals surface area contributed by atoms with Crippen LogP contribution in [0.2, 0.25) is 0 Å². The standard InChI is InChI=1S/C28H30N2O5S/c1-17-12-18(2)26(19(3)13-17)29-28(31)27-20(4)22-14-24(34-5)25(35-6)15-23(22)30(36(27,32)33)16-21-10-8-7-9-11-21/h7-15H,16H2,1-6H3,(H,29,31). The molecule has 4 rings (SSSR count). The average molecular weight is 507 g/mol. The third-order valence-electron chi connectivity index (χ3n) is 6.35. The van der Waals surface area contributed by atoms with Gasteiger partial charge in [0.15, 0.2) is 16.4 Å². The zero-order chi connectivity index (χ0) is 26.2. The molecule has 1 amide bonds. The summed E-state index contributed by atoms with van der Waals surface area (Å²) < 4.78 is 40.3. The molecule has 7 nitrogen and oxygen atoms in total. The van der Waals surface area contributed by atoms with Gasteiger partial charge in [-0.3, -0.25) is 9.10 Å². The molecule has 1 heterocycles. The number of amides is 1. The van der Waals surface area contributed by atoms with Crippen LogP contribution in [0.4, 0.5) is 11.4 Å². The molecule has 188 valence electrons. The highest BCUT2D eigenvalue weighted by atomic mass is 32.2. The second-order valence-corrected chi connectivity index (χ2v) is 10.7. The summed E-state index contributed by atoms with van der Waals surface area (Å²) >= 11 is 0. The van der Waals surface area contributed by atoms with Crippen molar-refractivity contribution in [3.63, 3.8) is 0 Å². The number of ether oxygens (including phenoxy) is 2. The lowest BCUT2D eigenvalue weighted by Gasteiger charge is -2.33. The number of rotatable bonds is 6. The van der Waals surface area contributed by atoms with Crippen LogP contribution in [0, 0.1) is 20.8 Å². The van der Waals surface area contributed by atoms with Gasteiger partial charge in [-0.2, -0.15) is 0 Å². The number of aryl methyl sites for hydroxylation is 3. The third-order valence-corrected chi connectivity index (χ3v) is 8.27. The van der Waals surface area contributed by atoms with Gasteiger partial charge in [-0.1, -0.05) is 48.0 Å². The van der Waals surface area contributed by atoms with E-state index in [2.05, 4.69) is 5.32 Å². The summed E-state index contributed by atoms with van der Waals surface area (Å²) in [6.45, 7) is 7.45. The van der Waals surface area contributed by atoms with Gasteiger partial charge in [0.05, 0.1) is 26.5 Å². The molecule has 0 atom stereocenters. The second kappa shape index (κ2) is 9.70. The number of nitrogens with one attached hydrogen (secondary N) is 1. The predicted molar refractivity (Wildman–Crippen MR) is 143 cm³/mol. The Morgan fingerprint density at radius 1 is 0.889 bits per heavy atom. The van der Waals surface area contributed by atoms with Crippen LogP contribution < -0.4 is 19.1 Å². The zero-order valence-electron chi connectivity index (χ0n) is 21.3. The van der Waals surface area contributed by atoms with E-state index in [0.29, 0.717) is 34.0 Å². The number of nitrogens with zero attached hydrogens (tertiary/aromatic N) is 1. The normalized spacial score (nSPS) is 14.3. The highest BCUT2D eigenvalue weighted by Crippen LogP contribution is 2.45. The number of anilines is 2. The van der Waals surface area contributed by atoms with Crippen LogP contribution in [0.3, 0.4) is 0 Å². The van der Waals surface area contributed by atoms with Gasteiger partial charge in [0, 0.05) is 17.3 Å². The highest BCUT2D eigenvalue weighted by Gasteiger charge is 2.40. The lowest BCUT2D eigenvalue weighted by atomic mass is 10.0. The molecule has 0 spiro atoms. The summed E-state index contributed by atoms with van der Waals surface area (Å²) in [7, 11) is -1.21. The van der Waals surface area contributed by atoms with E-state index in [1.165, 1.54) is 18.5 Å². The van der Waals surface area contributed by atoms with E-state index < -0.39 is 15.9 Å². The Balaban J connectivity index is 1.90. The number of carbonyl (C=O) groups is 1. The SMILES string of the molecule is COc1cc2c(cc1OC)N(Cc1ccccc1)S(=O)(=O)C(C(=O)Nc1c(C)cc(C)cc1C)=C2C. The highest BCUT2D eigenvalue weighted by molar-refractivity contribution is 7.97. The summed E-state index contributed by atoms with van der Waals surface area (Å²) in [4.78, 5) is 13.3. The number of hydrogen-bond donors (Lipinski definition) is 1. The molecule has 0 fully saturated rings. The van der Waals surface area contributed by atoms with Crippen molar-refractivity contribution in [2.45, 2.75) is 34.2 Å². The first-order chi connectivity index (χ1) is 17.1. The largest absolute Gasteiger partial charge is 0.493 e. The zero-order valence-corrected chi connectivity index (χ0v) is 22.1. The summed E-state index contributed by atoms with van der Waals surface area (Å²) in [5.41, 5.74) is 5.53. The first-order valence-corrected chi connectivity index (χ1v) is 13.0. The van der Waals surface area contributed by atoms with Crippen LogP contribution in [0.15, 0.2) is 59.5 Å². The molecule has 3 aromatic rings. The Bertz CT molecular complexity index is 1450. The van der Waals surface area contributed by atoms with Crippen molar-refractivity contribution in [3.8, 4) is 11.5 Å². The van der Waals surface area contributed by atoms with Crippen molar-refractivity contribution in [1.82, 2.24) is 0 Å². The summed E-state index contributed by atoms with van der Waals surface area (Å²) in [5.74, 6) is 0.164. The Labute approximate surface area is 212 Å². The molecule has 0 aliphatic carbocycles. The molecule has 1 aliphatic heterocycles. The lowest BCUT2D eigenvalue weighted by Crippen LogP contribution is -2.39. The van der Waals surface area contributed by atoms with Crippen molar-refractivity contribution in [1.29, 1.82) is 0 Å². The van der Waals surface area contributed by atoms with Gasteiger partial charge in [0.2, 0.25) is 0 Å². The number of sulfonamides is 1. The fraction of sp³-hybridized carbons (Fsp3) is 0.250. The molecule has 3 aromatic carbocycles. The summed E-state index contributed by atoms with van der Waals surface area (Å²) in [5, 5.41) is 2.87. The fourth-order valence-electron chi connectivity index (χ4n) is 4.68. The first kappa shape index (κ1) is 25.3. The Hall–Kier alpha value is -3.78. The lowest BCUT2D eigenvalue weighted by molar-refractivity contribution is -0.112. The predicted octanol–water partition coefficient (Wildman–Crippen LogP) is 5.35. The van der Waals surface area contributed by atoms with Crippen molar-refractivity contribution < 1.29 is 22.7 Å². The van der Waals surface area contributed by atoms with Gasteiger partial charge in [-0.25, -0.2) is 8.42 Å². The van der Waals surface area contributed by atoms with Crippen LogP contribution in [-0.4, -0.2) is 28.5 Å². The third kappa shape index (κ3) is 4.44. The Morgan fingerprint density at radius 3 is 2.06 bits per heavy atom. The van der Waals surface area contributed by atoms with Crippen LogP contribution in [0.5, 0.6) is 11.5 Å². The second-order valence-electron chi connectivity index (χ2n) is 8.90. The van der Waals surface area contributed by atoms with Gasteiger partial charge in [0.1, 0.15) is 0 Å². The number of fused-ring (bicyclic) bond motifs is 1. The van der Waals surface area contributed by atoms with Gasteiger partial charge in [-0.15, -0.1) is 0 Å². The van der Waals surface area contributed by atoms with E-state index in [9.17, 15) is 13.2 Å².